The first-order valence-corrected chi connectivity index (χ1v) is 7.13. The molecule has 1 rings (SSSR count). The second-order valence-corrected chi connectivity index (χ2v) is 6.09. The Hall–Kier alpha value is -2.30. The number of carbonyl (C=O) groups excluding carboxylic acids is 2. The van der Waals surface area contributed by atoms with Crippen LogP contribution in [0, 0.1) is 5.41 Å². The largest absolute Gasteiger partial charge is 0.465 e. The molecule has 0 aliphatic rings. The van der Waals surface area contributed by atoms with Crippen molar-refractivity contribution in [2.75, 3.05) is 7.11 Å². The third kappa shape index (κ3) is 5.60. The van der Waals surface area contributed by atoms with E-state index in [0.717, 1.165) is 11.1 Å². The van der Waals surface area contributed by atoms with Crippen LogP contribution in [0.5, 0.6) is 0 Å². The Morgan fingerprint density at radius 3 is 2.27 bits per heavy atom. The van der Waals surface area contributed by atoms with Crippen LogP contribution in [0.15, 0.2) is 36.0 Å². The number of allylic oxidation sites excluding steroid dienone is 1. The molecule has 1 aromatic carbocycles. The summed E-state index contributed by atoms with van der Waals surface area (Å²) in [6.45, 7) is 8.62. The molecule has 0 bridgehead atoms. The highest BCUT2D eigenvalue weighted by Gasteiger charge is 2.12. The number of methoxy groups -OCH3 is 1. The zero-order chi connectivity index (χ0) is 16.8. The van der Waals surface area contributed by atoms with Crippen LogP contribution in [-0.4, -0.2) is 19.1 Å². The van der Waals surface area contributed by atoms with Gasteiger partial charge in [0.25, 0.3) is 0 Å². The lowest BCUT2D eigenvalue weighted by Crippen LogP contribution is -2.32. The van der Waals surface area contributed by atoms with Crippen LogP contribution in [0.1, 0.15) is 43.6 Å². The van der Waals surface area contributed by atoms with Crippen LogP contribution in [0.4, 0.5) is 4.79 Å². The molecule has 0 radical (unpaired) electrons. The summed E-state index contributed by atoms with van der Waals surface area (Å²) in [6, 6.07) is 6.64. The lowest BCUT2D eigenvalue weighted by molar-refractivity contribution is 0.0600. The number of benzene rings is 1. The van der Waals surface area contributed by atoms with E-state index in [1.807, 2.05) is 6.92 Å². The van der Waals surface area contributed by atoms with E-state index in [9.17, 15) is 9.59 Å². The van der Waals surface area contributed by atoms with Crippen molar-refractivity contribution in [3.05, 3.63) is 47.2 Å². The number of hydrogen-bond donors (Lipinski definition) is 2. The molecule has 2 N–H and O–H groups in total. The molecule has 0 aromatic heterocycles. The van der Waals surface area contributed by atoms with Crippen molar-refractivity contribution >= 4 is 12.0 Å². The predicted octanol–water partition coefficient (Wildman–Crippen LogP) is 3.22. The molecule has 0 saturated heterocycles. The molecule has 0 heterocycles. The van der Waals surface area contributed by atoms with Gasteiger partial charge in [-0.1, -0.05) is 38.5 Å². The van der Waals surface area contributed by atoms with Gasteiger partial charge in [-0.3, -0.25) is 0 Å². The average Bonchev–Trinajstić information content (AvgIpc) is 2.49. The van der Waals surface area contributed by atoms with E-state index >= 15 is 0 Å². The summed E-state index contributed by atoms with van der Waals surface area (Å²) in [5.74, 6) is -0.375. The summed E-state index contributed by atoms with van der Waals surface area (Å²) in [6.07, 6.45) is 1.72. The Bertz CT molecular complexity index is 554. The number of ether oxygens (including phenoxy) is 1. The third-order valence-electron chi connectivity index (χ3n) is 3.43. The second kappa shape index (κ2) is 7.64. The fourth-order valence-corrected chi connectivity index (χ4v) is 1.50. The van der Waals surface area contributed by atoms with Gasteiger partial charge in [-0.2, -0.15) is 0 Å². The minimum atomic E-state index is -0.375. The molecule has 5 heteroatoms. The molecule has 1 aromatic rings. The van der Waals surface area contributed by atoms with Crippen LogP contribution in [-0.2, 0) is 11.3 Å². The van der Waals surface area contributed by atoms with E-state index < -0.39 is 0 Å². The summed E-state index contributed by atoms with van der Waals surface area (Å²) in [4.78, 5) is 23.0. The maximum absolute atomic E-state index is 11.7. The number of esters is 1. The Morgan fingerprint density at radius 2 is 1.77 bits per heavy atom. The number of rotatable bonds is 4. The Morgan fingerprint density at radius 1 is 1.18 bits per heavy atom. The van der Waals surface area contributed by atoms with Crippen molar-refractivity contribution in [1.29, 1.82) is 0 Å². The van der Waals surface area contributed by atoms with Crippen molar-refractivity contribution in [2.24, 2.45) is 5.41 Å². The van der Waals surface area contributed by atoms with Gasteiger partial charge in [-0.15, -0.1) is 0 Å². The van der Waals surface area contributed by atoms with Gasteiger partial charge in [0, 0.05) is 12.7 Å². The topological polar surface area (TPSA) is 67.4 Å². The molecule has 0 aliphatic carbocycles. The standard InChI is InChI=1S/C17H24N2O3/c1-12(17(2,3)4)10-18-16(21)19-11-13-6-8-14(9-7-13)15(20)22-5/h6-10H,11H2,1-5H3,(H2,18,19,21)/b12-10+. The second-order valence-electron chi connectivity index (χ2n) is 6.09. The minimum Gasteiger partial charge on any atom is -0.465 e. The van der Waals surface area contributed by atoms with E-state index in [1.165, 1.54) is 7.11 Å². The molecule has 0 fully saturated rings. The van der Waals surface area contributed by atoms with Gasteiger partial charge in [0.15, 0.2) is 0 Å². The lowest BCUT2D eigenvalue weighted by atomic mass is 9.88. The van der Waals surface area contributed by atoms with Crippen molar-refractivity contribution < 1.29 is 14.3 Å². The van der Waals surface area contributed by atoms with Crippen molar-refractivity contribution in [1.82, 2.24) is 10.6 Å². The van der Waals surface area contributed by atoms with Gasteiger partial charge in [-0.05, 0) is 30.0 Å². The summed E-state index contributed by atoms with van der Waals surface area (Å²) in [7, 11) is 1.34. The first-order chi connectivity index (χ1) is 10.2. The zero-order valence-electron chi connectivity index (χ0n) is 13.8. The smallest absolute Gasteiger partial charge is 0.337 e. The monoisotopic (exact) mass is 304 g/mol. The fourth-order valence-electron chi connectivity index (χ4n) is 1.50. The summed E-state index contributed by atoms with van der Waals surface area (Å²) in [5, 5.41) is 5.47. The Kier molecular flexibility index (Phi) is 6.16. The Balaban J connectivity index is 2.49. The van der Waals surface area contributed by atoms with Crippen LogP contribution in [0.25, 0.3) is 0 Å². The molecule has 5 nitrogen and oxygen atoms in total. The molecule has 0 unspecified atom stereocenters. The normalized spacial score (nSPS) is 11.8. The molecular weight excluding hydrogens is 280 g/mol. The summed E-state index contributed by atoms with van der Waals surface area (Å²) >= 11 is 0. The first-order valence-electron chi connectivity index (χ1n) is 7.13. The summed E-state index contributed by atoms with van der Waals surface area (Å²) in [5.41, 5.74) is 2.50. The van der Waals surface area contributed by atoms with Crippen molar-refractivity contribution in [3.63, 3.8) is 0 Å². The number of urea groups is 1. The van der Waals surface area contributed by atoms with Gasteiger partial charge >= 0.3 is 12.0 Å². The summed E-state index contributed by atoms with van der Waals surface area (Å²) < 4.78 is 4.63. The molecule has 0 spiro atoms. The number of amides is 2. The molecular formula is C17H24N2O3. The van der Waals surface area contributed by atoms with Gasteiger partial charge in [0.05, 0.1) is 12.7 Å². The predicted molar refractivity (Wildman–Crippen MR) is 86.4 cm³/mol. The quantitative estimate of drug-likeness (QED) is 0.839. The van der Waals surface area contributed by atoms with Crippen molar-refractivity contribution in [3.8, 4) is 0 Å². The van der Waals surface area contributed by atoms with E-state index in [1.54, 1.807) is 30.5 Å². The highest BCUT2D eigenvalue weighted by Crippen LogP contribution is 2.23. The number of carbonyl (C=O) groups is 2. The van der Waals surface area contributed by atoms with Gasteiger partial charge < -0.3 is 15.4 Å². The molecule has 2 amide bonds. The average molecular weight is 304 g/mol. The maximum atomic E-state index is 11.7. The van der Waals surface area contributed by atoms with Crippen LogP contribution < -0.4 is 10.6 Å². The van der Waals surface area contributed by atoms with Gasteiger partial charge in [0.1, 0.15) is 0 Å². The maximum Gasteiger partial charge on any atom is 0.337 e. The lowest BCUT2D eigenvalue weighted by Gasteiger charge is -2.19. The highest BCUT2D eigenvalue weighted by molar-refractivity contribution is 5.89. The SMILES string of the molecule is COC(=O)c1ccc(CNC(=O)N/C=C(\C)C(C)(C)C)cc1. The van der Waals surface area contributed by atoms with Crippen LogP contribution >= 0.6 is 0 Å². The minimum absolute atomic E-state index is 0.0248. The number of hydrogen-bond acceptors (Lipinski definition) is 3. The zero-order valence-corrected chi connectivity index (χ0v) is 13.8. The van der Waals surface area contributed by atoms with Crippen LogP contribution in [0.3, 0.4) is 0 Å². The highest BCUT2D eigenvalue weighted by atomic mass is 16.5. The van der Waals surface area contributed by atoms with Gasteiger partial charge in [0.2, 0.25) is 0 Å². The van der Waals surface area contributed by atoms with Crippen molar-refractivity contribution in [2.45, 2.75) is 34.2 Å². The fraction of sp³-hybridized carbons (Fsp3) is 0.412. The molecule has 0 atom stereocenters. The molecule has 0 saturated carbocycles. The molecule has 22 heavy (non-hydrogen) atoms. The van der Waals surface area contributed by atoms with Gasteiger partial charge in [-0.25, -0.2) is 9.59 Å². The number of nitrogens with one attached hydrogen (secondary N) is 2. The Labute approximate surface area is 131 Å². The van der Waals surface area contributed by atoms with Crippen LogP contribution in [0.2, 0.25) is 0 Å². The van der Waals surface area contributed by atoms with E-state index in [2.05, 4.69) is 36.1 Å². The van der Waals surface area contributed by atoms with E-state index in [-0.39, 0.29) is 17.4 Å². The molecule has 0 aliphatic heterocycles. The first kappa shape index (κ1) is 17.8. The van der Waals surface area contributed by atoms with E-state index in [4.69, 9.17) is 0 Å². The van der Waals surface area contributed by atoms with E-state index in [0.29, 0.717) is 12.1 Å². The molecule has 120 valence electrons. The third-order valence-corrected chi connectivity index (χ3v) is 3.43.